The summed E-state index contributed by atoms with van der Waals surface area (Å²) in [7, 11) is 0. The second-order valence-corrected chi connectivity index (χ2v) is 6.05. The second kappa shape index (κ2) is 5.51. The number of benzene rings is 1. The van der Waals surface area contributed by atoms with Crippen molar-refractivity contribution in [2.75, 3.05) is 19.7 Å². The van der Waals surface area contributed by atoms with E-state index in [4.69, 9.17) is 4.74 Å². The van der Waals surface area contributed by atoms with Crippen molar-refractivity contribution in [3.63, 3.8) is 0 Å². The number of nitrogens with one attached hydrogen (secondary N) is 2. The molecule has 1 aromatic carbocycles. The molecule has 1 fully saturated rings. The number of hydrogen-bond acceptors (Lipinski definition) is 3. The van der Waals surface area contributed by atoms with Crippen LogP contribution in [0.2, 0.25) is 0 Å². The topological polar surface area (TPSA) is 33.3 Å². The molecule has 3 rings (SSSR count). The van der Waals surface area contributed by atoms with Gasteiger partial charge in [0, 0.05) is 12.1 Å². The van der Waals surface area contributed by atoms with E-state index in [-0.39, 0.29) is 5.54 Å². The number of ether oxygens (including phenoxy) is 1. The van der Waals surface area contributed by atoms with Crippen LogP contribution in [-0.4, -0.2) is 25.2 Å². The highest BCUT2D eigenvalue weighted by Crippen LogP contribution is 2.27. The molecule has 0 saturated carbocycles. The summed E-state index contributed by atoms with van der Waals surface area (Å²) in [5.74, 6) is 1.09. The average Bonchev–Trinajstić information content (AvgIpc) is 2.46. The Morgan fingerprint density at radius 1 is 1.26 bits per heavy atom. The van der Waals surface area contributed by atoms with Gasteiger partial charge < -0.3 is 15.4 Å². The summed E-state index contributed by atoms with van der Waals surface area (Å²) >= 11 is 0. The Bertz CT molecular complexity index is 438. The van der Waals surface area contributed by atoms with E-state index in [0.717, 1.165) is 38.4 Å². The summed E-state index contributed by atoms with van der Waals surface area (Å²) < 4.78 is 6.16. The van der Waals surface area contributed by atoms with Gasteiger partial charge in [-0.2, -0.15) is 0 Å². The van der Waals surface area contributed by atoms with E-state index >= 15 is 0 Å². The molecule has 0 amide bonds. The molecule has 3 heteroatoms. The van der Waals surface area contributed by atoms with Crippen LogP contribution in [0, 0.1) is 0 Å². The molecule has 2 aliphatic heterocycles. The lowest BCUT2D eigenvalue weighted by Gasteiger charge is -2.35. The minimum atomic E-state index is 0.147. The molecule has 2 aliphatic rings. The van der Waals surface area contributed by atoms with E-state index in [1.165, 1.54) is 30.4 Å². The van der Waals surface area contributed by atoms with E-state index in [1.807, 2.05) is 0 Å². The van der Waals surface area contributed by atoms with Gasteiger partial charge in [0.1, 0.15) is 12.4 Å². The summed E-state index contributed by atoms with van der Waals surface area (Å²) in [4.78, 5) is 0. The third-order valence-electron chi connectivity index (χ3n) is 4.35. The van der Waals surface area contributed by atoms with Gasteiger partial charge in [0.25, 0.3) is 0 Å². The zero-order chi connectivity index (χ0) is 13.1. The Kier molecular flexibility index (Phi) is 3.76. The molecule has 104 valence electrons. The van der Waals surface area contributed by atoms with Crippen molar-refractivity contribution in [3.8, 4) is 5.75 Å². The third-order valence-corrected chi connectivity index (χ3v) is 4.35. The quantitative estimate of drug-likeness (QED) is 0.874. The maximum absolute atomic E-state index is 6.16. The Labute approximate surface area is 115 Å². The molecule has 2 N–H and O–H groups in total. The number of piperidine rings is 1. The largest absolute Gasteiger partial charge is 0.491 e. The maximum atomic E-state index is 6.16. The van der Waals surface area contributed by atoms with Gasteiger partial charge in [-0.05, 0) is 56.5 Å². The van der Waals surface area contributed by atoms with Crippen LogP contribution in [0.25, 0.3) is 0 Å². The Morgan fingerprint density at radius 3 is 3.05 bits per heavy atom. The van der Waals surface area contributed by atoms with Crippen LogP contribution >= 0.6 is 0 Å². The van der Waals surface area contributed by atoms with Crippen molar-refractivity contribution in [1.82, 2.24) is 10.6 Å². The van der Waals surface area contributed by atoms with Gasteiger partial charge >= 0.3 is 0 Å². The van der Waals surface area contributed by atoms with Crippen LogP contribution in [0.1, 0.15) is 37.3 Å². The summed E-state index contributed by atoms with van der Waals surface area (Å²) in [6, 6.07) is 6.43. The minimum absolute atomic E-state index is 0.147. The lowest BCUT2D eigenvalue weighted by molar-refractivity contribution is 0.162. The highest BCUT2D eigenvalue weighted by Gasteiger charge is 2.27. The SMILES string of the molecule is CC1(COc2cccc3c2CCNC3)CCCCN1. The second-order valence-electron chi connectivity index (χ2n) is 6.05. The highest BCUT2D eigenvalue weighted by molar-refractivity contribution is 5.41. The van der Waals surface area contributed by atoms with Crippen molar-refractivity contribution >= 4 is 0 Å². The molecule has 0 aliphatic carbocycles. The molecule has 0 aromatic heterocycles. The van der Waals surface area contributed by atoms with Crippen LogP contribution < -0.4 is 15.4 Å². The fraction of sp³-hybridized carbons (Fsp3) is 0.625. The normalized spacial score (nSPS) is 26.8. The maximum Gasteiger partial charge on any atom is 0.122 e. The van der Waals surface area contributed by atoms with Gasteiger partial charge in [-0.15, -0.1) is 0 Å². The summed E-state index contributed by atoms with van der Waals surface area (Å²) in [6.45, 7) is 6.21. The summed E-state index contributed by atoms with van der Waals surface area (Å²) in [5, 5.41) is 7.02. The van der Waals surface area contributed by atoms with E-state index in [9.17, 15) is 0 Å². The van der Waals surface area contributed by atoms with E-state index < -0.39 is 0 Å². The van der Waals surface area contributed by atoms with Gasteiger partial charge in [-0.25, -0.2) is 0 Å². The molecular weight excluding hydrogens is 236 g/mol. The van der Waals surface area contributed by atoms with Crippen LogP contribution in [0.3, 0.4) is 0 Å². The Hall–Kier alpha value is -1.06. The molecule has 3 nitrogen and oxygen atoms in total. The Balaban J connectivity index is 1.69. The molecule has 1 unspecified atom stereocenters. The predicted molar refractivity (Wildman–Crippen MR) is 77.6 cm³/mol. The third kappa shape index (κ3) is 2.93. The van der Waals surface area contributed by atoms with Crippen molar-refractivity contribution in [2.45, 2.75) is 44.7 Å². The molecule has 1 aromatic rings. The van der Waals surface area contributed by atoms with Gasteiger partial charge in [-0.3, -0.25) is 0 Å². The van der Waals surface area contributed by atoms with Crippen LogP contribution in [0.15, 0.2) is 18.2 Å². The minimum Gasteiger partial charge on any atom is -0.491 e. The smallest absolute Gasteiger partial charge is 0.122 e. The molecule has 2 heterocycles. The van der Waals surface area contributed by atoms with Gasteiger partial charge in [0.05, 0.1) is 0 Å². The molecular formula is C16H24N2O. The van der Waals surface area contributed by atoms with Crippen molar-refractivity contribution < 1.29 is 4.74 Å². The first-order valence-corrected chi connectivity index (χ1v) is 7.46. The molecule has 0 radical (unpaired) electrons. The van der Waals surface area contributed by atoms with Gasteiger partial charge in [0.2, 0.25) is 0 Å². The first-order chi connectivity index (χ1) is 9.27. The summed E-state index contributed by atoms with van der Waals surface area (Å²) in [6.07, 6.45) is 4.89. The predicted octanol–water partition coefficient (Wildman–Crippen LogP) is 2.24. The van der Waals surface area contributed by atoms with Crippen LogP contribution in [0.4, 0.5) is 0 Å². The molecule has 0 spiro atoms. The fourth-order valence-electron chi connectivity index (χ4n) is 3.11. The monoisotopic (exact) mass is 260 g/mol. The number of fused-ring (bicyclic) bond motifs is 1. The standard InChI is InChI=1S/C16H24N2O/c1-16(8-2-3-9-18-16)12-19-15-6-4-5-13-11-17-10-7-14(13)15/h4-6,17-18H,2-3,7-12H2,1H3. The highest BCUT2D eigenvalue weighted by atomic mass is 16.5. The van der Waals surface area contributed by atoms with Crippen LogP contribution in [0.5, 0.6) is 5.75 Å². The number of hydrogen-bond donors (Lipinski definition) is 2. The van der Waals surface area contributed by atoms with E-state index in [2.05, 4.69) is 35.8 Å². The molecule has 19 heavy (non-hydrogen) atoms. The zero-order valence-electron chi connectivity index (χ0n) is 11.8. The first kappa shape index (κ1) is 12.9. The Morgan fingerprint density at radius 2 is 2.21 bits per heavy atom. The average molecular weight is 260 g/mol. The summed E-state index contributed by atoms with van der Waals surface area (Å²) in [5.41, 5.74) is 2.94. The zero-order valence-corrected chi connectivity index (χ0v) is 11.8. The fourth-order valence-corrected chi connectivity index (χ4v) is 3.11. The van der Waals surface area contributed by atoms with E-state index in [1.54, 1.807) is 0 Å². The van der Waals surface area contributed by atoms with E-state index in [0.29, 0.717) is 0 Å². The van der Waals surface area contributed by atoms with Crippen molar-refractivity contribution in [2.24, 2.45) is 0 Å². The first-order valence-electron chi connectivity index (χ1n) is 7.46. The van der Waals surface area contributed by atoms with Crippen molar-refractivity contribution in [3.05, 3.63) is 29.3 Å². The van der Waals surface area contributed by atoms with Gasteiger partial charge in [-0.1, -0.05) is 18.6 Å². The number of rotatable bonds is 3. The van der Waals surface area contributed by atoms with Crippen LogP contribution in [-0.2, 0) is 13.0 Å². The molecule has 1 saturated heterocycles. The lowest BCUT2D eigenvalue weighted by Crippen LogP contribution is -2.50. The van der Waals surface area contributed by atoms with Crippen molar-refractivity contribution in [1.29, 1.82) is 0 Å². The lowest BCUT2D eigenvalue weighted by atomic mass is 9.92. The molecule has 1 atom stereocenters. The molecule has 0 bridgehead atoms. The van der Waals surface area contributed by atoms with Gasteiger partial charge in [0.15, 0.2) is 0 Å².